The molecule has 1 aliphatic rings. The SMILES string of the molecule is O=C1CCC(NC(=O)Nc2cccc(C(=O)O)c2O)CN1. The molecule has 8 heteroatoms. The van der Waals surface area contributed by atoms with Crippen molar-refractivity contribution in [2.75, 3.05) is 11.9 Å². The molecule has 1 aliphatic heterocycles. The molecule has 1 aromatic rings. The number of nitrogens with one attached hydrogen (secondary N) is 3. The summed E-state index contributed by atoms with van der Waals surface area (Å²) in [4.78, 5) is 33.7. The molecule has 112 valence electrons. The fourth-order valence-corrected chi connectivity index (χ4v) is 2.02. The maximum atomic E-state index is 11.8. The van der Waals surface area contributed by atoms with Crippen molar-refractivity contribution in [1.82, 2.24) is 10.6 Å². The first-order chi connectivity index (χ1) is 9.97. The average molecular weight is 293 g/mol. The van der Waals surface area contributed by atoms with E-state index >= 15 is 0 Å². The lowest BCUT2D eigenvalue weighted by molar-refractivity contribution is -0.122. The Bertz CT molecular complexity index is 577. The third kappa shape index (κ3) is 3.62. The molecule has 5 N–H and O–H groups in total. The highest BCUT2D eigenvalue weighted by Crippen LogP contribution is 2.27. The van der Waals surface area contributed by atoms with E-state index in [0.717, 1.165) is 0 Å². The molecule has 1 unspecified atom stereocenters. The predicted molar refractivity (Wildman–Crippen MR) is 73.3 cm³/mol. The quantitative estimate of drug-likeness (QED) is 0.518. The Morgan fingerprint density at radius 1 is 1.33 bits per heavy atom. The van der Waals surface area contributed by atoms with Gasteiger partial charge in [-0.25, -0.2) is 9.59 Å². The number of para-hydroxylation sites is 1. The van der Waals surface area contributed by atoms with Gasteiger partial charge in [0.15, 0.2) is 5.75 Å². The number of hydrogen-bond donors (Lipinski definition) is 5. The largest absolute Gasteiger partial charge is 0.505 e. The Hall–Kier alpha value is -2.77. The lowest BCUT2D eigenvalue weighted by atomic mass is 10.1. The number of benzene rings is 1. The predicted octanol–water partition coefficient (Wildman–Crippen LogP) is 0.491. The average Bonchev–Trinajstić information content (AvgIpc) is 2.43. The third-order valence-corrected chi connectivity index (χ3v) is 3.12. The van der Waals surface area contributed by atoms with Gasteiger partial charge in [-0.3, -0.25) is 4.79 Å². The first kappa shape index (κ1) is 14.6. The van der Waals surface area contributed by atoms with E-state index in [0.29, 0.717) is 19.4 Å². The van der Waals surface area contributed by atoms with Gasteiger partial charge in [-0.05, 0) is 18.6 Å². The van der Waals surface area contributed by atoms with Crippen LogP contribution in [0, 0.1) is 0 Å². The molecule has 0 aromatic heterocycles. The Labute approximate surface area is 120 Å². The van der Waals surface area contributed by atoms with Crippen LogP contribution in [0.3, 0.4) is 0 Å². The molecular formula is C13H15N3O5. The van der Waals surface area contributed by atoms with Crippen LogP contribution in [-0.2, 0) is 4.79 Å². The third-order valence-electron chi connectivity index (χ3n) is 3.12. The van der Waals surface area contributed by atoms with Gasteiger partial charge < -0.3 is 26.2 Å². The van der Waals surface area contributed by atoms with Gasteiger partial charge in [0, 0.05) is 19.0 Å². The Morgan fingerprint density at radius 3 is 2.71 bits per heavy atom. The minimum atomic E-state index is -1.29. The summed E-state index contributed by atoms with van der Waals surface area (Å²) in [7, 11) is 0. The van der Waals surface area contributed by atoms with E-state index in [2.05, 4.69) is 16.0 Å². The minimum absolute atomic E-state index is 0.00671. The number of aromatic carboxylic acids is 1. The molecule has 1 aromatic carbocycles. The second kappa shape index (κ2) is 6.12. The van der Waals surface area contributed by atoms with E-state index in [1.165, 1.54) is 18.2 Å². The molecule has 0 aliphatic carbocycles. The molecule has 0 bridgehead atoms. The van der Waals surface area contributed by atoms with Gasteiger partial charge in [-0.15, -0.1) is 0 Å². The van der Waals surface area contributed by atoms with E-state index in [1.54, 1.807) is 0 Å². The summed E-state index contributed by atoms with van der Waals surface area (Å²) in [5.74, 6) is -1.84. The lowest BCUT2D eigenvalue weighted by Gasteiger charge is -2.23. The summed E-state index contributed by atoms with van der Waals surface area (Å²) in [5.41, 5.74) is -0.287. The topological polar surface area (TPSA) is 128 Å². The maximum absolute atomic E-state index is 11.8. The normalized spacial score (nSPS) is 17.7. The van der Waals surface area contributed by atoms with Crippen LogP contribution in [0.4, 0.5) is 10.5 Å². The van der Waals surface area contributed by atoms with Crippen molar-refractivity contribution in [2.24, 2.45) is 0 Å². The number of phenols is 1. The zero-order chi connectivity index (χ0) is 15.4. The monoisotopic (exact) mass is 293 g/mol. The van der Waals surface area contributed by atoms with Crippen molar-refractivity contribution in [3.8, 4) is 5.75 Å². The van der Waals surface area contributed by atoms with Gasteiger partial charge in [0.2, 0.25) is 5.91 Å². The van der Waals surface area contributed by atoms with Crippen LogP contribution in [0.25, 0.3) is 0 Å². The number of carboxylic acids is 1. The summed E-state index contributed by atoms with van der Waals surface area (Å²) in [5, 5.41) is 26.3. The summed E-state index contributed by atoms with van der Waals surface area (Å²) < 4.78 is 0. The number of urea groups is 1. The van der Waals surface area contributed by atoms with Crippen LogP contribution in [0.1, 0.15) is 23.2 Å². The summed E-state index contributed by atoms with van der Waals surface area (Å²) >= 11 is 0. The highest BCUT2D eigenvalue weighted by Gasteiger charge is 2.20. The Morgan fingerprint density at radius 2 is 2.10 bits per heavy atom. The van der Waals surface area contributed by atoms with E-state index in [1.807, 2.05) is 0 Å². The van der Waals surface area contributed by atoms with E-state index in [4.69, 9.17) is 5.11 Å². The molecule has 3 amide bonds. The number of hydrogen-bond acceptors (Lipinski definition) is 4. The summed E-state index contributed by atoms with van der Waals surface area (Å²) in [6, 6.07) is 3.27. The number of amides is 3. The van der Waals surface area contributed by atoms with Crippen molar-refractivity contribution in [2.45, 2.75) is 18.9 Å². The first-order valence-corrected chi connectivity index (χ1v) is 6.37. The molecule has 21 heavy (non-hydrogen) atoms. The molecule has 0 radical (unpaired) electrons. The van der Waals surface area contributed by atoms with Gasteiger partial charge in [0.05, 0.1) is 5.69 Å². The number of carboxylic acid groups (broad SMARTS) is 1. The summed E-state index contributed by atoms with van der Waals surface area (Å²) in [6.45, 7) is 0.341. The van der Waals surface area contributed by atoms with Gasteiger partial charge in [-0.2, -0.15) is 0 Å². The number of aromatic hydroxyl groups is 1. The molecule has 1 saturated heterocycles. The molecule has 8 nitrogen and oxygen atoms in total. The number of carbonyl (C=O) groups excluding carboxylic acids is 2. The molecule has 0 saturated carbocycles. The number of carbonyl (C=O) groups is 3. The maximum Gasteiger partial charge on any atom is 0.339 e. The number of piperidine rings is 1. The van der Waals surface area contributed by atoms with Crippen molar-refractivity contribution < 1.29 is 24.6 Å². The first-order valence-electron chi connectivity index (χ1n) is 6.37. The Balaban J connectivity index is 1.98. The van der Waals surface area contributed by atoms with Crippen LogP contribution in [0.5, 0.6) is 5.75 Å². The van der Waals surface area contributed by atoms with Crippen LogP contribution in [-0.4, -0.2) is 40.7 Å². The number of rotatable bonds is 3. The lowest BCUT2D eigenvalue weighted by Crippen LogP contribution is -2.48. The van der Waals surface area contributed by atoms with Crippen LogP contribution in [0.2, 0.25) is 0 Å². The van der Waals surface area contributed by atoms with Gasteiger partial charge in [0.1, 0.15) is 5.56 Å². The summed E-state index contributed by atoms with van der Waals surface area (Å²) in [6.07, 6.45) is 0.866. The van der Waals surface area contributed by atoms with Crippen molar-refractivity contribution in [1.29, 1.82) is 0 Å². The molecule has 2 rings (SSSR count). The van der Waals surface area contributed by atoms with Gasteiger partial charge in [0.25, 0.3) is 0 Å². The number of anilines is 1. The molecule has 1 fully saturated rings. The molecule has 0 spiro atoms. The van der Waals surface area contributed by atoms with Crippen LogP contribution in [0.15, 0.2) is 18.2 Å². The second-order valence-electron chi connectivity index (χ2n) is 4.65. The van der Waals surface area contributed by atoms with Crippen molar-refractivity contribution in [3.05, 3.63) is 23.8 Å². The fourth-order valence-electron chi connectivity index (χ4n) is 2.02. The van der Waals surface area contributed by atoms with Gasteiger partial charge in [-0.1, -0.05) is 6.07 Å². The van der Waals surface area contributed by atoms with E-state index in [-0.39, 0.29) is 23.2 Å². The van der Waals surface area contributed by atoms with Gasteiger partial charge >= 0.3 is 12.0 Å². The Kier molecular flexibility index (Phi) is 4.27. The van der Waals surface area contributed by atoms with E-state index < -0.39 is 17.7 Å². The highest BCUT2D eigenvalue weighted by molar-refractivity contribution is 5.97. The fraction of sp³-hybridized carbons (Fsp3) is 0.308. The smallest absolute Gasteiger partial charge is 0.339 e. The van der Waals surface area contributed by atoms with E-state index in [9.17, 15) is 19.5 Å². The minimum Gasteiger partial charge on any atom is -0.505 e. The highest BCUT2D eigenvalue weighted by atomic mass is 16.4. The second-order valence-corrected chi connectivity index (χ2v) is 4.65. The zero-order valence-electron chi connectivity index (χ0n) is 11.0. The van der Waals surface area contributed by atoms with Crippen molar-refractivity contribution >= 4 is 23.6 Å². The standard InChI is InChI=1S/C13H15N3O5/c17-10-5-4-7(6-14-10)15-13(21)16-9-3-1-2-8(11(9)18)12(19)20/h1-3,7,18H,4-6H2,(H,14,17)(H,19,20)(H2,15,16,21). The molecule has 1 atom stereocenters. The zero-order valence-corrected chi connectivity index (χ0v) is 11.0. The van der Waals surface area contributed by atoms with Crippen LogP contribution >= 0.6 is 0 Å². The molecule has 1 heterocycles. The van der Waals surface area contributed by atoms with Crippen LogP contribution < -0.4 is 16.0 Å². The molecular weight excluding hydrogens is 278 g/mol. The van der Waals surface area contributed by atoms with Crippen molar-refractivity contribution in [3.63, 3.8) is 0 Å².